The van der Waals surface area contributed by atoms with Crippen molar-refractivity contribution in [1.29, 1.82) is 0 Å². The van der Waals surface area contributed by atoms with Crippen LogP contribution in [0.15, 0.2) is 42.5 Å². The van der Waals surface area contributed by atoms with Gasteiger partial charge in [0, 0.05) is 7.11 Å². The third kappa shape index (κ3) is 3.55. The van der Waals surface area contributed by atoms with Gasteiger partial charge in [-0.3, -0.25) is 0 Å². The summed E-state index contributed by atoms with van der Waals surface area (Å²) in [6.45, 7) is 6.03. The van der Waals surface area contributed by atoms with Crippen LogP contribution in [0.5, 0.6) is 0 Å². The van der Waals surface area contributed by atoms with E-state index in [9.17, 15) is 0 Å². The van der Waals surface area contributed by atoms with Gasteiger partial charge in [-0.25, -0.2) is 0 Å². The minimum absolute atomic E-state index is 0.0426. The monoisotopic (exact) mass is 368 g/mol. The molecule has 2 heterocycles. The number of rotatable bonds is 6. The van der Waals surface area contributed by atoms with Crippen molar-refractivity contribution in [2.75, 3.05) is 7.11 Å². The number of benzene rings is 2. The molecule has 2 aromatic rings. The lowest BCUT2D eigenvalue weighted by atomic mass is 9.91. The van der Waals surface area contributed by atoms with Crippen LogP contribution in [-0.2, 0) is 38.8 Å². The molecule has 0 radical (unpaired) electrons. The van der Waals surface area contributed by atoms with E-state index in [2.05, 4.69) is 56.3 Å². The molecule has 2 aliphatic heterocycles. The molecule has 1 saturated heterocycles. The lowest BCUT2D eigenvalue weighted by Gasteiger charge is -2.31. The van der Waals surface area contributed by atoms with Gasteiger partial charge < -0.3 is 18.9 Å². The quantitative estimate of drug-likeness (QED) is 0.754. The Morgan fingerprint density at radius 2 is 1.85 bits per heavy atom. The Kier molecular flexibility index (Phi) is 5.60. The Hall–Kier alpha value is -1.72. The van der Waals surface area contributed by atoms with E-state index in [1.54, 1.807) is 7.11 Å². The van der Waals surface area contributed by atoms with E-state index in [1.165, 1.54) is 27.8 Å². The first kappa shape index (κ1) is 18.6. The summed E-state index contributed by atoms with van der Waals surface area (Å²) in [5.74, 6) is 0. The van der Waals surface area contributed by atoms with Gasteiger partial charge in [-0.15, -0.1) is 0 Å². The number of fused-ring (bicyclic) bond motifs is 3. The molecule has 0 unspecified atom stereocenters. The van der Waals surface area contributed by atoms with Crippen molar-refractivity contribution >= 4 is 0 Å². The Morgan fingerprint density at radius 1 is 1.04 bits per heavy atom. The molecular weight excluding hydrogens is 340 g/mol. The molecule has 0 saturated carbocycles. The van der Waals surface area contributed by atoms with E-state index in [0.717, 1.165) is 6.42 Å². The largest absolute Gasteiger partial charge is 0.380 e. The summed E-state index contributed by atoms with van der Waals surface area (Å²) in [7, 11) is 1.72. The third-order valence-electron chi connectivity index (χ3n) is 5.74. The molecule has 4 heteroatoms. The maximum Gasteiger partial charge on any atom is 0.117 e. The van der Waals surface area contributed by atoms with E-state index in [0.29, 0.717) is 19.8 Å². The summed E-state index contributed by atoms with van der Waals surface area (Å²) in [6, 6.07) is 14.7. The summed E-state index contributed by atoms with van der Waals surface area (Å²) in [4.78, 5) is 0. The lowest BCUT2D eigenvalue weighted by Crippen LogP contribution is -2.37. The van der Waals surface area contributed by atoms with Crippen molar-refractivity contribution in [2.24, 2.45) is 0 Å². The van der Waals surface area contributed by atoms with Crippen molar-refractivity contribution in [1.82, 2.24) is 0 Å². The highest BCUT2D eigenvalue weighted by molar-refractivity contribution is 5.39. The van der Waals surface area contributed by atoms with E-state index < -0.39 is 0 Å². The highest BCUT2D eigenvalue weighted by Gasteiger charge is 2.48. The summed E-state index contributed by atoms with van der Waals surface area (Å²) in [5.41, 5.74) is 6.07. The Bertz CT molecular complexity index is 788. The molecule has 144 valence electrons. The van der Waals surface area contributed by atoms with Gasteiger partial charge in [0.05, 0.1) is 25.9 Å². The Labute approximate surface area is 161 Å². The number of aryl methyl sites for hydroxylation is 1. The van der Waals surface area contributed by atoms with Crippen LogP contribution in [0.3, 0.4) is 0 Å². The van der Waals surface area contributed by atoms with Crippen molar-refractivity contribution in [3.8, 4) is 0 Å². The van der Waals surface area contributed by atoms with Crippen molar-refractivity contribution < 1.29 is 18.9 Å². The van der Waals surface area contributed by atoms with Gasteiger partial charge in [-0.1, -0.05) is 49.4 Å². The van der Waals surface area contributed by atoms with Crippen LogP contribution in [0.2, 0.25) is 0 Å². The van der Waals surface area contributed by atoms with Gasteiger partial charge in [0.25, 0.3) is 0 Å². The molecule has 0 bridgehead atoms. The molecule has 0 N–H and O–H groups in total. The van der Waals surface area contributed by atoms with Crippen molar-refractivity contribution in [3.63, 3.8) is 0 Å². The van der Waals surface area contributed by atoms with Gasteiger partial charge in [0.2, 0.25) is 0 Å². The third-order valence-corrected chi connectivity index (χ3v) is 5.74. The summed E-state index contributed by atoms with van der Waals surface area (Å²) in [6.07, 6.45) is 0.753. The fourth-order valence-electron chi connectivity index (χ4n) is 4.22. The molecule has 0 aliphatic carbocycles. The molecule has 4 rings (SSSR count). The standard InChI is InChI=1S/C23H28O4/c1-4-20-22(25-13-16-9-6-5-8-15(16)2)23-21(27-20)18-11-7-10-17(12-24-3)19(18)14-26-23/h5-11,20-23H,4,12-14H2,1-3H3/t20-,21-,22+,23+/m1/s1. The highest BCUT2D eigenvalue weighted by atomic mass is 16.6. The van der Waals surface area contributed by atoms with E-state index in [-0.39, 0.29) is 24.4 Å². The van der Waals surface area contributed by atoms with Gasteiger partial charge in [-0.05, 0) is 41.2 Å². The molecule has 1 fully saturated rings. The minimum Gasteiger partial charge on any atom is -0.380 e. The Morgan fingerprint density at radius 3 is 2.63 bits per heavy atom. The van der Waals surface area contributed by atoms with Crippen molar-refractivity contribution in [2.45, 2.75) is 64.5 Å². The summed E-state index contributed by atoms with van der Waals surface area (Å²) < 4.78 is 24.4. The van der Waals surface area contributed by atoms with Crippen LogP contribution in [0.25, 0.3) is 0 Å². The maximum absolute atomic E-state index is 6.41. The zero-order chi connectivity index (χ0) is 18.8. The molecule has 0 spiro atoms. The SMILES string of the molecule is CC[C@H]1O[C@@H]2c3cccc(COC)c3CO[C@@H]2[C@H]1OCc1ccccc1C. The maximum atomic E-state index is 6.41. The smallest absolute Gasteiger partial charge is 0.117 e. The normalized spacial score (nSPS) is 26.6. The molecule has 0 amide bonds. The molecule has 4 atom stereocenters. The topological polar surface area (TPSA) is 36.9 Å². The number of ether oxygens (including phenoxy) is 4. The number of methoxy groups -OCH3 is 1. The lowest BCUT2D eigenvalue weighted by molar-refractivity contribution is -0.0866. The highest BCUT2D eigenvalue weighted by Crippen LogP contribution is 2.44. The number of hydrogen-bond donors (Lipinski definition) is 0. The van der Waals surface area contributed by atoms with Crippen LogP contribution in [-0.4, -0.2) is 25.4 Å². The predicted octanol–water partition coefficient (Wildman–Crippen LogP) is 4.48. The fourth-order valence-corrected chi connectivity index (χ4v) is 4.22. The fraction of sp³-hybridized carbons (Fsp3) is 0.478. The second-order valence-corrected chi connectivity index (χ2v) is 7.40. The first-order valence-corrected chi connectivity index (χ1v) is 9.75. The minimum atomic E-state index is -0.0719. The van der Waals surface area contributed by atoms with Crippen LogP contribution in [0, 0.1) is 6.92 Å². The molecule has 2 aromatic carbocycles. The van der Waals surface area contributed by atoms with E-state index >= 15 is 0 Å². The summed E-state index contributed by atoms with van der Waals surface area (Å²) in [5, 5.41) is 0. The van der Waals surface area contributed by atoms with Crippen LogP contribution >= 0.6 is 0 Å². The van der Waals surface area contributed by atoms with Gasteiger partial charge in [-0.2, -0.15) is 0 Å². The van der Waals surface area contributed by atoms with Crippen molar-refractivity contribution in [3.05, 3.63) is 70.3 Å². The van der Waals surface area contributed by atoms with Crippen LogP contribution in [0.1, 0.15) is 47.3 Å². The second-order valence-electron chi connectivity index (χ2n) is 7.40. The second kappa shape index (κ2) is 8.11. The van der Waals surface area contributed by atoms with Crippen LogP contribution in [0.4, 0.5) is 0 Å². The van der Waals surface area contributed by atoms with Gasteiger partial charge in [0.1, 0.15) is 18.3 Å². The van der Waals surface area contributed by atoms with E-state index in [1.807, 2.05) is 0 Å². The molecule has 4 nitrogen and oxygen atoms in total. The molecular formula is C23H28O4. The average Bonchev–Trinajstić information content (AvgIpc) is 3.06. The van der Waals surface area contributed by atoms with Gasteiger partial charge >= 0.3 is 0 Å². The zero-order valence-corrected chi connectivity index (χ0v) is 16.3. The average molecular weight is 368 g/mol. The van der Waals surface area contributed by atoms with E-state index in [4.69, 9.17) is 18.9 Å². The first-order chi connectivity index (χ1) is 13.2. The summed E-state index contributed by atoms with van der Waals surface area (Å²) >= 11 is 0. The predicted molar refractivity (Wildman–Crippen MR) is 103 cm³/mol. The first-order valence-electron chi connectivity index (χ1n) is 9.75. The molecule has 27 heavy (non-hydrogen) atoms. The Balaban J connectivity index is 1.56. The molecule has 0 aromatic heterocycles. The van der Waals surface area contributed by atoms with Gasteiger partial charge in [0.15, 0.2) is 0 Å². The van der Waals surface area contributed by atoms with Crippen LogP contribution < -0.4 is 0 Å². The zero-order valence-electron chi connectivity index (χ0n) is 16.3. The molecule has 2 aliphatic rings. The number of hydrogen-bond acceptors (Lipinski definition) is 4.